The quantitative estimate of drug-likeness (QED) is 0.241. The topological polar surface area (TPSA) is 85.7 Å². The Bertz CT molecular complexity index is 826. The molecule has 3 N–H and O–H groups in total. The number of aryl methyl sites for hydroxylation is 1. The lowest BCUT2D eigenvalue weighted by Gasteiger charge is -2.11. The Morgan fingerprint density at radius 2 is 1.96 bits per heavy atom. The Morgan fingerprint density at radius 1 is 1.17 bits per heavy atom. The van der Waals surface area contributed by atoms with Gasteiger partial charge in [0.2, 0.25) is 0 Å². The van der Waals surface area contributed by atoms with Crippen LogP contribution in [0.3, 0.4) is 0 Å². The molecular formula is C17H18N4O2. The van der Waals surface area contributed by atoms with Gasteiger partial charge in [-0.05, 0) is 30.7 Å². The van der Waals surface area contributed by atoms with E-state index in [-0.39, 0.29) is 5.84 Å². The largest absolute Gasteiger partial charge is 0.493 e. The highest BCUT2D eigenvalue weighted by molar-refractivity contribution is 5.99. The maximum Gasteiger partial charge on any atom is 0.173 e. The van der Waals surface area contributed by atoms with Crippen molar-refractivity contribution in [2.45, 2.75) is 13.0 Å². The van der Waals surface area contributed by atoms with Crippen LogP contribution in [0.1, 0.15) is 12.0 Å². The monoisotopic (exact) mass is 310 g/mol. The predicted molar refractivity (Wildman–Crippen MR) is 88.8 cm³/mol. The van der Waals surface area contributed by atoms with Gasteiger partial charge in [-0.25, -0.2) is 4.98 Å². The van der Waals surface area contributed by atoms with Crippen molar-refractivity contribution in [3.05, 3.63) is 60.4 Å². The minimum absolute atomic E-state index is 0.0428. The minimum Gasteiger partial charge on any atom is -0.493 e. The van der Waals surface area contributed by atoms with Crippen LogP contribution >= 0.6 is 0 Å². The molecule has 0 aliphatic carbocycles. The third-order valence-corrected chi connectivity index (χ3v) is 3.60. The fraction of sp³-hybridized carbons (Fsp3) is 0.176. The molecule has 0 saturated heterocycles. The second kappa shape index (κ2) is 6.83. The Morgan fingerprint density at radius 3 is 2.83 bits per heavy atom. The molecule has 1 aromatic heterocycles. The summed E-state index contributed by atoms with van der Waals surface area (Å²) in [6, 6.07) is 15.3. The van der Waals surface area contributed by atoms with Gasteiger partial charge in [0.1, 0.15) is 5.75 Å². The van der Waals surface area contributed by atoms with E-state index in [1.165, 1.54) is 0 Å². The lowest BCUT2D eigenvalue weighted by atomic mass is 10.2. The minimum atomic E-state index is 0.0428. The van der Waals surface area contributed by atoms with Crippen molar-refractivity contribution in [1.82, 2.24) is 9.55 Å². The molecule has 118 valence electrons. The molecule has 3 aromatic rings. The number of rotatable bonds is 6. The first-order valence-electron chi connectivity index (χ1n) is 7.39. The lowest BCUT2D eigenvalue weighted by molar-refractivity contribution is 0.300. The van der Waals surface area contributed by atoms with Gasteiger partial charge >= 0.3 is 0 Å². The fourth-order valence-corrected chi connectivity index (χ4v) is 2.46. The number of benzene rings is 2. The van der Waals surface area contributed by atoms with Gasteiger partial charge in [-0.2, -0.15) is 0 Å². The number of hydrogen-bond donors (Lipinski definition) is 2. The van der Waals surface area contributed by atoms with Crippen LogP contribution in [0.5, 0.6) is 5.75 Å². The first kappa shape index (κ1) is 14.9. The first-order valence-corrected chi connectivity index (χ1v) is 7.39. The van der Waals surface area contributed by atoms with Gasteiger partial charge in [0.25, 0.3) is 0 Å². The molecule has 23 heavy (non-hydrogen) atoms. The number of amidine groups is 1. The van der Waals surface area contributed by atoms with Crippen molar-refractivity contribution >= 4 is 16.9 Å². The van der Waals surface area contributed by atoms with Crippen LogP contribution in [-0.2, 0) is 6.54 Å². The molecule has 0 fully saturated rings. The molecule has 3 rings (SSSR count). The van der Waals surface area contributed by atoms with E-state index < -0.39 is 0 Å². The van der Waals surface area contributed by atoms with E-state index in [4.69, 9.17) is 15.7 Å². The molecule has 0 atom stereocenters. The van der Waals surface area contributed by atoms with Gasteiger partial charge in [-0.1, -0.05) is 29.4 Å². The van der Waals surface area contributed by atoms with E-state index in [2.05, 4.69) is 20.8 Å². The van der Waals surface area contributed by atoms with Crippen molar-refractivity contribution in [3.63, 3.8) is 0 Å². The SMILES string of the molecule is NC(=NO)c1ccccc1OCCCn1cnc2ccccc21. The van der Waals surface area contributed by atoms with Crippen molar-refractivity contribution < 1.29 is 9.94 Å². The Hall–Kier alpha value is -3.02. The lowest BCUT2D eigenvalue weighted by Crippen LogP contribution is -2.15. The van der Waals surface area contributed by atoms with Crippen LogP contribution in [0.4, 0.5) is 0 Å². The van der Waals surface area contributed by atoms with Gasteiger partial charge in [0, 0.05) is 6.54 Å². The van der Waals surface area contributed by atoms with E-state index in [1.54, 1.807) is 12.1 Å². The summed E-state index contributed by atoms with van der Waals surface area (Å²) in [5, 5.41) is 11.8. The average Bonchev–Trinajstić information content (AvgIpc) is 3.01. The standard InChI is InChI=1S/C17H18N4O2/c18-17(20-22)13-6-1-4-9-16(13)23-11-5-10-21-12-19-14-7-2-3-8-15(14)21/h1-4,6-9,12,22H,5,10-11H2,(H2,18,20). The van der Waals surface area contributed by atoms with E-state index in [0.717, 1.165) is 24.0 Å². The van der Waals surface area contributed by atoms with Gasteiger partial charge in [-0.15, -0.1) is 0 Å². The summed E-state index contributed by atoms with van der Waals surface area (Å²) in [4.78, 5) is 4.37. The molecule has 0 radical (unpaired) electrons. The molecule has 0 aliphatic heterocycles. The zero-order valence-electron chi connectivity index (χ0n) is 12.6. The number of imidazole rings is 1. The molecular weight excluding hydrogens is 292 g/mol. The van der Waals surface area contributed by atoms with E-state index in [1.807, 2.05) is 36.7 Å². The maximum atomic E-state index is 8.81. The fourth-order valence-electron chi connectivity index (χ4n) is 2.46. The highest BCUT2D eigenvalue weighted by Crippen LogP contribution is 2.18. The molecule has 2 aromatic carbocycles. The Kier molecular flexibility index (Phi) is 4.42. The summed E-state index contributed by atoms with van der Waals surface area (Å²) >= 11 is 0. The molecule has 0 spiro atoms. The van der Waals surface area contributed by atoms with E-state index in [0.29, 0.717) is 17.9 Å². The highest BCUT2D eigenvalue weighted by Gasteiger charge is 2.07. The zero-order valence-corrected chi connectivity index (χ0v) is 12.6. The first-order chi connectivity index (χ1) is 11.3. The van der Waals surface area contributed by atoms with Crippen LogP contribution < -0.4 is 10.5 Å². The molecule has 6 nitrogen and oxygen atoms in total. The number of aromatic nitrogens is 2. The second-order valence-electron chi connectivity index (χ2n) is 5.11. The number of hydrogen-bond acceptors (Lipinski definition) is 4. The summed E-state index contributed by atoms with van der Waals surface area (Å²) in [6.45, 7) is 1.34. The second-order valence-corrected chi connectivity index (χ2v) is 5.11. The zero-order chi connectivity index (χ0) is 16.1. The average molecular weight is 310 g/mol. The van der Waals surface area contributed by atoms with Crippen molar-refractivity contribution in [3.8, 4) is 5.75 Å². The van der Waals surface area contributed by atoms with Crippen LogP contribution in [0.25, 0.3) is 11.0 Å². The van der Waals surface area contributed by atoms with Gasteiger partial charge < -0.3 is 20.2 Å². The van der Waals surface area contributed by atoms with Crippen LogP contribution in [0.15, 0.2) is 60.0 Å². The van der Waals surface area contributed by atoms with Crippen molar-refractivity contribution in [1.29, 1.82) is 0 Å². The molecule has 0 aliphatic rings. The van der Waals surface area contributed by atoms with Gasteiger partial charge in [0.15, 0.2) is 5.84 Å². The highest BCUT2D eigenvalue weighted by atomic mass is 16.5. The predicted octanol–water partition coefficient (Wildman–Crippen LogP) is 2.60. The number of ether oxygens (including phenoxy) is 1. The molecule has 1 heterocycles. The Labute approximate surface area is 133 Å². The molecule has 0 bridgehead atoms. The summed E-state index contributed by atoms with van der Waals surface area (Å²) in [7, 11) is 0. The number of nitrogens with two attached hydrogens (primary N) is 1. The number of oxime groups is 1. The number of para-hydroxylation sites is 3. The summed E-state index contributed by atoms with van der Waals surface area (Å²) in [6.07, 6.45) is 2.67. The smallest absolute Gasteiger partial charge is 0.173 e. The summed E-state index contributed by atoms with van der Waals surface area (Å²) in [5.74, 6) is 0.652. The van der Waals surface area contributed by atoms with Crippen molar-refractivity contribution in [2.24, 2.45) is 10.9 Å². The third kappa shape index (κ3) is 3.26. The molecule has 0 amide bonds. The number of fused-ring (bicyclic) bond motifs is 1. The van der Waals surface area contributed by atoms with Crippen LogP contribution in [0.2, 0.25) is 0 Å². The normalized spacial score (nSPS) is 11.7. The van der Waals surface area contributed by atoms with Crippen LogP contribution in [-0.4, -0.2) is 27.2 Å². The summed E-state index contributed by atoms with van der Waals surface area (Å²) < 4.78 is 7.87. The van der Waals surface area contributed by atoms with E-state index in [9.17, 15) is 0 Å². The van der Waals surface area contributed by atoms with Crippen molar-refractivity contribution in [2.75, 3.05) is 6.61 Å². The Balaban J connectivity index is 1.60. The molecule has 6 heteroatoms. The number of nitrogens with zero attached hydrogens (tertiary/aromatic N) is 3. The third-order valence-electron chi connectivity index (χ3n) is 3.60. The molecule has 0 unspecified atom stereocenters. The maximum absolute atomic E-state index is 8.81. The van der Waals surface area contributed by atoms with Gasteiger partial charge in [0.05, 0.1) is 29.5 Å². The van der Waals surface area contributed by atoms with Crippen LogP contribution in [0, 0.1) is 0 Å². The molecule has 0 saturated carbocycles. The summed E-state index contributed by atoms with van der Waals surface area (Å²) in [5.41, 5.74) is 8.34. The van der Waals surface area contributed by atoms with E-state index >= 15 is 0 Å². The van der Waals surface area contributed by atoms with Gasteiger partial charge in [-0.3, -0.25) is 0 Å².